The summed E-state index contributed by atoms with van der Waals surface area (Å²) in [7, 11) is 0. The normalized spacial score (nSPS) is 11.5. The van der Waals surface area contributed by atoms with Crippen LogP contribution in [0.3, 0.4) is 0 Å². The second-order valence-electron chi connectivity index (χ2n) is 14.3. The molecule has 0 radical (unpaired) electrons. The molecule has 11 rings (SSSR count). The molecular weight excluding hydrogens is 695 g/mol. The minimum absolute atomic E-state index is 0.591. The highest BCUT2D eigenvalue weighted by molar-refractivity contribution is 6.22. The van der Waals surface area contributed by atoms with Gasteiger partial charge in [0.05, 0.1) is 0 Å². The van der Waals surface area contributed by atoms with Gasteiger partial charge in [-0.05, 0) is 61.7 Å². The van der Waals surface area contributed by atoms with Crippen molar-refractivity contribution in [1.82, 2.24) is 15.0 Å². The number of fused-ring (bicyclic) bond motifs is 6. The molecule has 11 aromatic rings. The molecule has 0 aliphatic rings. The first kappa shape index (κ1) is 32.7. The Kier molecular flexibility index (Phi) is 7.78. The number of aromatic nitrogens is 3. The average Bonchev–Trinajstić information content (AvgIpc) is 3.68. The van der Waals surface area contributed by atoms with E-state index in [0.29, 0.717) is 17.5 Å². The highest BCUT2D eigenvalue weighted by Crippen LogP contribution is 2.43. The summed E-state index contributed by atoms with van der Waals surface area (Å²) in [6.07, 6.45) is 0. The second-order valence-corrected chi connectivity index (χ2v) is 14.3. The van der Waals surface area contributed by atoms with Crippen LogP contribution >= 0.6 is 0 Å². The molecule has 57 heavy (non-hydrogen) atoms. The molecule has 4 nitrogen and oxygen atoms in total. The minimum atomic E-state index is 0.591. The van der Waals surface area contributed by atoms with Crippen LogP contribution in [0.25, 0.3) is 111 Å². The van der Waals surface area contributed by atoms with Crippen molar-refractivity contribution < 1.29 is 4.42 Å². The monoisotopic (exact) mass is 727 g/mol. The molecule has 2 aromatic heterocycles. The molecule has 0 atom stereocenters. The fourth-order valence-electron chi connectivity index (χ4n) is 8.16. The van der Waals surface area contributed by atoms with E-state index in [0.717, 1.165) is 71.7 Å². The van der Waals surface area contributed by atoms with E-state index < -0.39 is 0 Å². The van der Waals surface area contributed by atoms with Crippen molar-refractivity contribution in [2.24, 2.45) is 0 Å². The Labute approximate surface area is 329 Å². The van der Waals surface area contributed by atoms with E-state index in [1.165, 1.54) is 21.9 Å². The van der Waals surface area contributed by atoms with E-state index in [2.05, 4.69) is 152 Å². The van der Waals surface area contributed by atoms with Gasteiger partial charge in [-0.1, -0.05) is 188 Å². The number of hydrogen-bond donors (Lipinski definition) is 0. The van der Waals surface area contributed by atoms with Crippen LogP contribution in [-0.4, -0.2) is 15.0 Å². The third-order valence-electron chi connectivity index (χ3n) is 11.0. The maximum Gasteiger partial charge on any atom is 0.164 e. The fraction of sp³-hybridized carbons (Fsp3) is 0. The summed E-state index contributed by atoms with van der Waals surface area (Å²) in [5.74, 6) is 1.82. The smallest absolute Gasteiger partial charge is 0.164 e. The maximum absolute atomic E-state index is 6.75. The maximum atomic E-state index is 6.75. The van der Waals surface area contributed by atoms with Crippen LogP contribution < -0.4 is 0 Å². The number of furan rings is 1. The average molecular weight is 728 g/mol. The standard InChI is InChI=1S/C53H33N3O/c1-3-13-34(14-4-1)35-25-31-40(32-26-35)52-54-51(39-16-5-2-6-17-39)55-53(56-52)45-23-12-24-48-49(45)47-33-46(43-20-9-10-21-44(43)50(47)57-48)38-29-27-37(28-30-38)42-22-11-18-36-15-7-8-19-41(36)42/h1-33H. The van der Waals surface area contributed by atoms with E-state index >= 15 is 0 Å². The van der Waals surface area contributed by atoms with Gasteiger partial charge >= 0.3 is 0 Å². The summed E-state index contributed by atoms with van der Waals surface area (Å²) in [5, 5.41) is 6.67. The molecule has 266 valence electrons. The van der Waals surface area contributed by atoms with Gasteiger partial charge in [-0.15, -0.1) is 0 Å². The lowest BCUT2D eigenvalue weighted by Crippen LogP contribution is -2.00. The molecule has 2 heterocycles. The van der Waals surface area contributed by atoms with E-state index in [4.69, 9.17) is 19.4 Å². The van der Waals surface area contributed by atoms with Gasteiger partial charge in [-0.2, -0.15) is 0 Å². The summed E-state index contributed by atoms with van der Waals surface area (Å²) in [6, 6.07) is 69.9. The zero-order valence-corrected chi connectivity index (χ0v) is 30.8. The first-order valence-electron chi connectivity index (χ1n) is 19.2. The molecule has 0 unspecified atom stereocenters. The van der Waals surface area contributed by atoms with Crippen molar-refractivity contribution in [3.63, 3.8) is 0 Å². The van der Waals surface area contributed by atoms with Crippen LogP contribution in [-0.2, 0) is 0 Å². The third kappa shape index (κ3) is 5.74. The van der Waals surface area contributed by atoms with E-state index in [9.17, 15) is 0 Å². The molecule has 0 aliphatic carbocycles. The van der Waals surface area contributed by atoms with Crippen molar-refractivity contribution in [1.29, 1.82) is 0 Å². The molecular formula is C53H33N3O. The lowest BCUT2D eigenvalue weighted by atomic mass is 9.92. The van der Waals surface area contributed by atoms with Gasteiger partial charge in [0, 0.05) is 32.8 Å². The first-order chi connectivity index (χ1) is 28.2. The lowest BCUT2D eigenvalue weighted by Gasteiger charge is -2.11. The molecule has 0 spiro atoms. The van der Waals surface area contributed by atoms with Crippen LogP contribution in [0, 0.1) is 0 Å². The number of benzene rings is 9. The van der Waals surface area contributed by atoms with Gasteiger partial charge in [0.1, 0.15) is 11.2 Å². The minimum Gasteiger partial charge on any atom is -0.455 e. The van der Waals surface area contributed by atoms with Gasteiger partial charge in [0.15, 0.2) is 17.5 Å². The zero-order chi connectivity index (χ0) is 37.7. The highest BCUT2D eigenvalue weighted by atomic mass is 16.3. The number of hydrogen-bond acceptors (Lipinski definition) is 4. The molecule has 0 saturated heterocycles. The van der Waals surface area contributed by atoms with Crippen molar-refractivity contribution in [2.75, 3.05) is 0 Å². The van der Waals surface area contributed by atoms with Crippen LogP contribution in [0.4, 0.5) is 0 Å². The molecule has 0 amide bonds. The Bertz CT molecular complexity index is 3260. The number of rotatable bonds is 6. The lowest BCUT2D eigenvalue weighted by molar-refractivity contribution is 0.673. The molecule has 9 aromatic carbocycles. The highest BCUT2D eigenvalue weighted by Gasteiger charge is 2.21. The molecule has 4 heteroatoms. The summed E-state index contributed by atoms with van der Waals surface area (Å²) in [6.45, 7) is 0. The molecule has 0 fully saturated rings. The Morgan fingerprint density at radius 3 is 1.53 bits per heavy atom. The Morgan fingerprint density at radius 2 is 0.789 bits per heavy atom. The van der Waals surface area contributed by atoms with Crippen molar-refractivity contribution in [2.45, 2.75) is 0 Å². The SMILES string of the molecule is c1ccc(-c2ccc(-c3nc(-c4ccccc4)nc(-c4cccc5oc6c7ccccc7c(-c7ccc(-c8cccc9ccccc89)cc7)cc6c45)n3)cc2)cc1. The Morgan fingerprint density at radius 1 is 0.298 bits per heavy atom. The number of nitrogens with zero attached hydrogens (tertiary/aromatic N) is 3. The predicted molar refractivity (Wildman–Crippen MR) is 235 cm³/mol. The predicted octanol–water partition coefficient (Wildman–Crippen LogP) is 14.1. The molecule has 0 saturated carbocycles. The van der Waals surface area contributed by atoms with Crippen molar-refractivity contribution >= 4 is 43.5 Å². The van der Waals surface area contributed by atoms with Crippen LogP contribution in [0.15, 0.2) is 205 Å². The van der Waals surface area contributed by atoms with Crippen LogP contribution in [0.5, 0.6) is 0 Å². The van der Waals surface area contributed by atoms with E-state index in [1.54, 1.807) is 0 Å². The largest absolute Gasteiger partial charge is 0.455 e. The Balaban J connectivity index is 1.09. The van der Waals surface area contributed by atoms with Gasteiger partial charge < -0.3 is 4.42 Å². The third-order valence-corrected chi connectivity index (χ3v) is 11.0. The van der Waals surface area contributed by atoms with Crippen molar-refractivity contribution in [3.05, 3.63) is 200 Å². The summed E-state index contributed by atoms with van der Waals surface area (Å²) >= 11 is 0. The van der Waals surface area contributed by atoms with Crippen LogP contribution in [0.1, 0.15) is 0 Å². The zero-order valence-electron chi connectivity index (χ0n) is 30.8. The summed E-state index contributed by atoms with van der Waals surface area (Å²) in [4.78, 5) is 15.3. The molecule has 0 bridgehead atoms. The summed E-state index contributed by atoms with van der Waals surface area (Å²) < 4.78 is 6.75. The van der Waals surface area contributed by atoms with Gasteiger partial charge in [0.25, 0.3) is 0 Å². The van der Waals surface area contributed by atoms with Gasteiger partial charge in [-0.3, -0.25) is 0 Å². The van der Waals surface area contributed by atoms with Crippen LogP contribution in [0.2, 0.25) is 0 Å². The first-order valence-corrected chi connectivity index (χ1v) is 19.2. The topological polar surface area (TPSA) is 51.8 Å². The fourth-order valence-corrected chi connectivity index (χ4v) is 8.16. The quantitative estimate of drug-likeness (QED) is 0.171. The molecule has 0 aliphatic heterocycles. The van der Waals surface area contributed by atoms with Gasteiger partial charge in [0.2, 0.25) is 0 Å². The van der Waals surface area contributed by atoms with Crippen molar-refractivity contribution in [3.8, 4) is 67.5 Å². The second kappa shape index (κ2) is 13.6. The molecule has 0 N–H and O–H groups in total. The van der Waals surface area contributed by atoms with E-state index in [1.807, 2.05) is 48.5 Å². The Hall–Kier alpha value is -7.69. The van der Waals surface area contributed by atoms with Gasteiger partial charge in [-0.25, -0.2) is 15.0 Å². The van der Waals surface area contributed by atoms with E-state index in [-0.39, 0.29) is 0 Å². The summed E-state index contributed by atoms with van der Waals surface area (Å²) in [5.41, 5.74) is 11.3.